The number of anilines is 3. The number of amides is 1. The molecule has 3 rings (SSSR count). The Kier molecular flexibility index (Phi) is 4.86. The number of benzene rings is 1. The number of nitrogens with zero attached hydrogens (tertiary/aromatic N) is 2. The number of rotatable bonds is 4. The van der Waals surface area contributed by atoms with Gasteiger partial charge in [0.1, 0.15) is 4.88 Å². The fourth-order valence-corrected chi connectivity index (χ4v) is 3.93. The zero-order valence-electron chi connectivity index (χ0n) is 15.3. The van der Waals surface area contributed by atoms with Crippen LogP contribution in [0.15, 0.2) is 24.3 Å². The van der Waals surface area contributed by atoms with Gasteiger partial charge >= 0.3 is 5.97 Å². The minimum absolute atomic E-state index is 0.148. The lowest BCUT2D eigenvalue weighted by molar-refractivity contribution is -0.115. The van der Waals surface area contributed by atoms with Crippen molar-refractivity contribution in [1.82, 2.24) is 4.98 Å². The van der Waals surface area contributed by atoms with E-state index in [1.165, 1.54) is 7.11 Å². The highest BCUT2D eigenvalue weighted by Gasteiger charge is 2.30. The van der Waals surface area contributed by atoms with Gasteiger partial charge in [-0.1, -0.05) is 23.5 Å². The molecular weight excluding hydrogens is 352 g/mol. The monoisotopic (exact) mass is 374 g/mol. The third kappa shape index (κ3) is 3.80. The van der Waals surface area contributed by atoms with Crippen LogP contribution in [-0.4, -0.2) is 42.6 Å². The average Bonchev–Trinajstić information content (AvgIpc) is 2.93. The number of methoxy groups -OCH3 is 1. The summed E-state index contributed by atoms with van der Waals surface area (Å²) in [6.45, 7) is 6.81. The van der Waals surface area contributed by atoms with Gasteiger partial charge in [0.2, 0.25) is 5.91 Å². The number of aryl methyl sites for hydroxylation is 1. The fraction of sp³-hybridized carbons (Fsp3) is 0.389. The summed E-state index contributed by atoms with van der Waals surface area (Å²) < 4.78 is 4.72. The molecule has 2 N–H and O–H groups in total. The van der Waals surface area contributed by atoms with Crippen LogP contribution in [0.4, 0.5) is 16.5 Å². The largest absolute Gasteiger partial charge is 0.465 e. The molecule has 0 aliphatic carbocycles. The number of thiazole rings is 1. The maximum atomic E-state index is 12.5. The molecule has 0 spiro atoms. The normalized spacial score (nSPS) is 15.0. The van der Waals surface area contributed by atoms with Crippen molar-refractivity contribution in [3.05, 3.63) is 34.8 Å². The molecule has 8 heteroatoms. The Bertz CT molecular complexity index is 847. The van der Waals surface area contributed by atoms with Crippen LogP contribution in [0, 0.1) is 6.92 Å². The van der Waals surface area contributed by atoms with Crippen molar-refractivity contribution in [2.24, 2.45) is 0 Å². The first-order valence-corrected chi connectivity index (χ1v) is 9.08. The van der Waals surface area contributed by atoms with Crippen LogP contribution in [0.5, 0.6) is 0 Å². The van der Waals surface area contributed by atoms with Crippen LogP contribution < -0.4 is 15.5 Å². The van der Waals surface area contributed by atoms with E-state index in [-0.39, 0.29) is 18.0 Å². The molecule has 1 aliphatic rings. The Morgan fingerprint density at radius 2 is 2.12 bits per heavy atom. The number of carbonyl (C=O) groups excluding carboxylic acids is 2. The van der Waals surface area contributed by atoms with Gasteiger partial charge in [-0.25, -0.2) is 9.78 Å². The fourth-order valence-electron chi connectivity index (χ4n) is 3.03. The van der Waals surface area contributed by atoms with Crippen LogP contribution in [0.3, 0.4) is 0 Å². The molecule has 138 valence electrons. The Morgan fingerprint density at radius 3 is 2.85 bits per heavy atom. The Balaban J connectivity index is 1.73. The van der Waals surface area contributed by atoms with E-state index < -0.39 is 5.97 Å². The first-order valence-electron chi connectivity index (χ1n) is 8.27. The van der Waals surface area contributed by atoms with E-state index in [1.54, 1.807) is 6.92 Å². The summed E-state index contributed by atoms with van der Waals surface area (Å²) in [6.07, 6.45) is 0. The van der Waals surface area contributed by atoms with Gasteiger partial charge in [-0.15, -0.1) is 0 Å². The number of hydrogen-bond acceptors (Lipinski definition) is 7. The van der Waals surface area contributed by atoms with Gasteiger partial charge in [0, 0.05) is 12.1 Å². The quantitative estimate of drug-likeness (QED) is 0.801. The van der Waals surface area contributed by atoms with E-state index in [4.69, 9.17) is 4.74 Å². The Morgan fingerprint density at radius 1 is 1.38 bits per heavy atom. The molecule has 0 atom stereocenters. The van der Waals surface area contributed by atoms with Crippen LogP contribution in [0.1, 0.15) is 29.2 Å². The number of aromatic nitrogens is 1. The molecule has 0 fully saturated rings. The molecule has 2 aromatic rings. The van der Waals surface area contributed by atoms with E-state index in [2.05, 4.69) is 29.5 Å². The van der Waals surface area contributed by atoms with Crippen LogP contribution in [0.25, 0.3) is 0 Å². The standard InChI is InChI=1S/C18H22N4O3S/c1-11-15(16(24)25-4)26-17(19-11)20-14(23)9-22-10-18(2,3)21-12-7-5-6-8-13(12)22/h5-8,21H,9-10H2,1-4H3,(H,19,20,23). The van der Waals surface area contributed by atoms with Crippen LogP contribution in [0.2, 0.25) is 0 Å². The molecule has 1 aliphatic heterocycles. The van der Waals surface area contributed by atoms with Gasteiger partial charge in [0.05, 0.1) is 30.7 Å². The molecular formula is C18H22N4O3S. The minimum atomic E-state index is -0.446. The summed E-state index contributed by atoms with van der Waals surface area (Å²) in [6, 6.07) is 7.93. The maximum Gasteiger partial charge on any atom is 0.350 e. The zero-order valence-corrected chi connectivity index (χ0v) is 16.1. The summed E-state index contributed by atoms with van der Waals surface area (Å²) in [5.41, 5.74) is 2.40. The maximum absolute atomic E-state index is 12.5. The summed E-state index contributed by atoms with van der Waals surface area (Å²) in [5.74, 6) is -0.624. The molecule has 0 saturated heterocycles. The lowest BCUT2D eigenvalue weighted by Gasteiger charge is -2.41. The van der Waals surface area contributed by atoms with Crippen LogP contribution >= 0.6 is 11.3 Å². The minimum Gasteiger partial charge on any atom is -0.465 e. The van der Waals surface area contributed by atoms with Crippen molar-refractivity contribution < 1.29 is 14.3 Å². The van der Waals surface area contributed by atoms with Crippen molar-refractivity contribution in [2.75, 3.05) is 35.7 Å². The second-order valence-electron chi connectivity index (χ2n) is 6.86. The topological polar surface area (TPSA) is 83.6 Å². The number of nitrogens with one attached hydrogen (secondary N) is 2. The highest BCUT2D eigenvalue weighted by atomic mass is 32.1. The van der Waals surface area contributed by atoms with Crippen molar-refractivity contribution >= 4 is 39.7 Å². The lowest BCUT2D eigenvalue weighted by Crippen LogP contribution is -2.50. The molecule has 7 nitrogen and oxygen atoms in total. The van der Waals surface area contributed by atoms with Gasteiger partial charge in [-0.3, -0.25) is 4.79 Å². The molecule has 0 saturated carbocycles. The molecule has 0 bridgehead atoms. The SMILES string of the molecule is COC(=O)c1sc(NC(=O)CN2CC(C)(C)Nc3ccccc32)nc1C. The summed E-state index contributed by atoms with van der Waals surface area (Å²) in [7, 11) is 1.32. The lowest BCUT2D eigenvalue weighted by atomic mass is 9.99. The van der Waals surface area contributed by atoms with E-state index in [0.717, 1.165) is 22.7 Å². The second kappa shape index (κ2) is 6.95. The number of fused-ring (bicyclic) bond motifs is 1. The van der Waals surface area contributed by atoms with Gasteiger partial charge in [0.15, 0.2) is 5.13 Å². The third-order valence-corrected chi connectivity index (χ3v) is 5.11. The first-order chi connectivity index (χ1) is 12.3. The number of esters is 1. The van der Waals surface area contributed by atoms with E-state index in [0.29, 0.717) is 22.2 Å². The summed E-state index contributed by atoms with van der Waals surface area (Å²) in [5, 5.41) is 6.67. The number of ether oxygens (including phenoxy) is 1. The molecule has 26 heavy (non-hydrogen) atoms. The van der Waals surface area contributed by atoms with Crippen molar-refractivity contribution in [1.29, 1.82) is 0 Å². The van der Waals surface area contributed by atoms with E-state index in [9.17, 15) is 9.59 Å². The number of carbonyl (C=O) groups is 2. The van der Waals surface area contributed by atoms with Crippen molar-refractivity contribution in [3.8, 4) is 0 Å². The highest BCUT2D eigenvalue weighted by Crippen LogP contribution is 2.34. The van der Waals surface area contributed by atoms with Gasteiger partial charge in [-0.2, -0.15) is 0 Å². The predicted molar refractivity (Wildman–Crippen MR) is 103 cm³/mol. The first kappa shape index (κ1) is 18.2. The molecule has 0 unspecified atom stereocenters. The summed E-state index contributed by atoms with van der Waals surface area (Å²) in [4.78, 5) is 30.9. The zero-order chi connectivity index (χ0) is 18.9. The molecule has 1 aromatic carbocycles. The highest BCUT2D eigenvalue weighted by molar-refractivity contribution is 7.17. The number of hydrogen-bond donors (Lipinski definition) is 2. The van der Waals surface area contributed by atoms with Crippen molar-refractivity contribution in [3.63, 3.8) is 0 Å². The Labute approximate surface area is 156 Å². The van der Waals surface area contributed by atoms with E-state index >= 15 is 0 Å². The van der Waals surface area contributed by atoms with Gasteiger partial charge in [-0.05, 0) is 32.9 Å². The number of para-hydroxylation sites is 2. The molecule has 2 heterocycles. The summed E-state index contributed by atoms with van der Waals surface area (Å²) >= 11 is 1.12. The molecule has 0 radical (unpaired) electrons. The molecule has 1 amide bonds. The smallest absolute Gasteiger partial charge is 0.350 e. The second-order valence-corrected chi connectivity index (χ2v) is 7.85. The van der Waals surface area contributed by atoms with Gasteiger partial charge in [0.25, 0.3) is 0 Å². The molecule has 1 aromatic heterocycles. The van der Waals surface area contributed by atoms with Gasteiger partial charge < -0.3 is 20.3 Å². The average molecular weight is 374 g/mol. The van der Waals surface area contributed by atoms with E-state index in [1.807, 2.05) is 29.2 Å². The van der Waals surface area contributed by atoms with Crippen molar-refractivity contribution in [2.45, 2.75) is 26.3 Å². The van der Waals surface area contributed by atoms with Crippen LogP contribution in [-0.2, 0) is 9.53 Å². The third-order valence-electron chi connectivity index (χ3n) is 4.05. The predicted octanol–water partition coefficient (Wildman–Crippen LogP) is 2.89. The Hall–Kier alpha value is -2.61.